The topological polar surface area (TPSA) is 50.1 Å². The van der Waals surface area contributed by atoms with Crippen molar-refractivity contribution in [3.8, 4) is 5.40 Å². The van der Waals surface area contributed by atoms with E-state index >= 15 is 0 Å². The first kappa shape index (κ1) is 13.6. The van der Waals surface area contributed by atoms with Gasteiger partial charge in [0.05, 0.1) is 7.11 Å². The maximum atomic E-state index is 11.5. The molecule has 0 atom stereocenters. The summed E-state index contributed by atoms with van der Waals surface area (Å²) in [6.07, 6.45) is 1.64. The minimum Gasteiger partial charge on any atom is -0.466 e. The van der Waals surface area contributed by atoms with Crippen LogP contribution in [-0.4, -0.2) is 18.8 Å². The fourth-order valence-electron chi connectivity index (χ4n) is 1.18. The second-order valence-electron chi connectivity index (χ2n) is 3.06. The molecule has 5 heteroatoms. The third kappa shape index (κ3) is 4.14. The Labute approximate surface area is 109 Å². The van der Waals surface area contributed by atoms with Crippen LogP contribution in [0.2, 0.25) is 5.02 Å². The van der Waals surface area contributed by atoms with Crippen LogP contribution in [0.4, 0.5) is 0 Å². The predicted octanol–water partition coefficient (Wildman–Crippen LogP) is 3.11. The van der Waals surface area contributed by atoms with Gasteiger partial charge in [-0.25, -0.2) is 4.79 Å². The van der Waals surface area contributed by atoms with E-state index in [0.717, 1.165) is 17.3 Å². The van der Waals surface area contributed by atoms with Gasteiger partial charge in [0.1, 0.15) is 5.40 Å². The fourth-order valence-corrected chi connectivity index (χ4v) is 1.79. The number of ether oxygens (including phenoxy) is 1. The molecule has 0 amide bonds. The van der Waals surface area contributed by atoms with Crippen LogP contribution >= 0.6 is 23.4 Å². The Morgan fingerprint density at radius 3 is 2.88 bits per heavy atom. The van der Waals surface area contributed by atoms with Crippen molar-refractivity contribution in [2.24, 2.45) is 0 Å². The highest BCUT2D eigenvalue weighted by molar-refractivity contribution is 8.03. The number of thioether (sulfide) groups is 1. The van der Waals surface area contributed by atoms with Gasteiger partial charge in [0.25, 0.3) is 0 Å². The van der Waals surface area contributed by atoms with Crippen LogP contribution in [-0.2, 0) is 9.53 Å². The largest absolute Gasteiger partial charge is 0.466 e. The SMILES string of the molecule is COC(=O)/C(=C/c1ccccc1Cl)CSC#N. The van der Waals surface area contributed by atoms with Gasteiger partial charge in [-0.1, -0.05) is 29.8 Å². The molecule has 0 fully saturated rings. The van der Waals surface area contributed by atoms with Crippen molar-refractivity contribution in [2.45, 2.75) is 0 Å². The predicted molar refractivity (Wildman–Crippen MR) is 69.5 cm³/mol. The van der Waals surface area contributed by atoms with Gasteiger partial charge in [-0.15, -0.1) is 0 Å². The number of carbonyl (C=O) groups is 1. The molecule has 0 N–H and O–H groups in total. The quantitative estimate of drug-likeness (QED) is 0.478. The average molecular weight is 268 g/mol. The minimum atomic E-state index is -0.451. The van der Waals surface area contributed by atoms with E-state index in [0.29, 0.717) is 10.6 Å². The molecule has 0 spiro atoms. The molecular weight excluding hydrogens is 258 g/mol. The molecule has 0 unspecified atom stereocenters. The number of nitriles is 1. The monoisotopic (exact) mass is 267 g/mol. The van der Waals surface area contributed by atoms with Crippen LogP contribution in [0.1, 0.15) is 5.56 Å². The van der Waals surface area contributed by atoms with Gasteiger partial charge in [-0.3, -0.25) is 0 Å². The molecule has 0 saturated heterocycles. The van der Waals surface area contributed by atoms with Crippen molar-refractivity contribution in [3.63, 3.8) is 0 Å². The molecule has 1 rings (SSSR count). The van der Waals surface area contributed by atoms with E-state index in [1.807, 2.05) is 17.5 Å². The Morgan fingerprint density at radius 2 is 2.29 bits per heavy atom. The Kier molecular flexibility index (Phi) is 5.61. The van der Waals surface area contributed by atoms with Crippen molar-refractivity contribution < 1.29 is 9.53 Å². The number of hydrogen-bond donors (Lipinski definition) is 0. The third-order valence-electron chi connectivity index (χ3n) is 1.97. The lowest BCUT2D eigenvalue weighted by atomic mass is 10.1. The number of hydrogen-bond acceptors (Lipinski definition) is 4. The molecule has 88 valence electrons. The summed E-state index contributed by atoms with van der Waals surface area (Å²) in [5.74, 6) is -0.179. The van der Waals surface area contributed by atoms with E-state index in [1.54, 1.807) is 18.2 Å². The van der Waals surface area contributed by atoms with Gasteiger partial charge in [-0.05, 0) is 29.5 Å². The number of benzene rings is 1. The Balaban J connectivity index is 3.01. The Morgan fingerprint density at radius 1 is 1.59 bits per heavy atom. The maximum absolute atomic E-state index is 11.5. The molecular formula is C12H10ClNO2S. The summed E-state index contributed by atoms with van der Waals surface area (Å²) in [6, 6.07) is 7.16. The van der Waals surface area contributed by atoms with Crippen molar-refractivity contribution in [2.75, 3.05) is 12.9 Å². The van der Waals surface area contributed by atoms with Crippen molar-refractivity contribution in [1.29, 1.82) is 5.26 Å². The molecule has 0 bridgehead atoms. The number of esters is 1. The molecule has 0 aliphatic rings. The molecule has 3 nitrogen and oxygen atoms in total. The van der Waals surface area contributed by atoms with E-state index in [4.69, 9.17) is 16.9 Å². The standard InChI is InChI=1S/C12H10ClNO2S/c1-16-12(15)10(7-17-8-14)6-9-4-2-3-5-11(9)13/h2-6H,7H2,1H3/b10-6+. The molecule has 17 heavy (non-hydrogen) atoms. The van der Waals surface area contributed by atoms with Crippen LogP contribution in [0.3, 0.4) is 0 Å². The van der Waals surface area contributed by atoms with Crippen molar-refractivity contribution in [1.82, 2.24) is 0 Å². The zero-order valence-electron chi connectivity index (χ0n) is 9.14. The first-order valence-corrected chi connectivity index (χ1v) is 6.09. The van der Waals surface area contributed by atoms with Crippen LogP contribution in [0, 0.1) is 10.7 Å². The van der Waals surface area contributed by atoms with Crippen LogP contribution in [0.25, 0.3) is 6.08 Å². The summed E-state index contributed by atoms with van der Waals surface area (Å²) >= 11 is 6.96. The van der Waals surface area contributed by atoms with Crippen molar-refractivity contribution in [3.05, 3.63) is 40.4 Å². The highest BCUT2D eigenvalue weighted by Crippen LogP contribution is 2.20. The molecule has 0 aliphatic carbocycles. The third-order valence-corrected chi connectivity index (χ3v) is 2.90. The number of thiocyanates is 1. The number of nitrogens with zero attached hydrogens (tertiary/aromatic N) is 1. The second-order valence-corrected chi connectivity index (χ2v) is 4.23. The van der Waals surface area contributed by atoms with E-state index in [9.17, 15) is 4.79 Å². The lowest BCUT2D eigenvalue weighted by Crippen LogP contribution is -2.06. The summed E-state index contributed by atoms with van der Waals surface area (Å²) in [7, 11) is 1.31. The number of carbonyl (C=O) groups excluding carboxylic acids is 1. The first-order chi connectivity index (χ1) is 8.19. The van der Waals surface area contributed by atoms with Gasteiger partial charge >= 0.3 is 5.97 Å². The lowest BCUT2D eigenvalue weighted by molar-refractivity contribution is -0.135. The van der Waals surface area contributed by atoms with E-state index in [-0.39, 0.29) is 5.75 Å². The number of halogens is 1. The molecule has 0 radical (unpaired) electrons. The summed E-state index contributed by atoms with van der Waals surface area (Å²) in [6.45, 7) is 0. The molecule has 0 aromatic heterocycles. The van der Waals surface area contributed by atoms with Gasteiger partial charge in [0.2, 0.25) is 0 Å². The summed E-state index contributed by atoms with van der Waals surface area (Å²) in [4.78, 5) is 11.5. The zero-order chi connectivity index (χ0) is 12.7. The molecule has 1 aromatic carbocycles. The summed E-state index contributed by atoms with van der Waals surface area (Å²) in [5, 5.41) is 11.0. The van der Waals surface area contributed by atoms with Crippen LogP contribution in [0.5, 0.6) is 0 Å². The van der Waals surface area contributed by atoms with E-state index in [2.05, 4.69) is 4.74 Å². The zero-order valence-corrected chi connectivity index (χ0v) is 10.7. The van der Waals surface area contributed by atoms with Crippen LogP contribution in [0.15, 0.2) is 29.8 Å². The normalized spacial score (nSPS) is 10.8. The maximum Gasteiger partial charge on any atom is 0.334 e. The van der Waals surface area contributed by atoms with Gasteiger partial charge in [-0.2, -0.15) is 5.26 Å². The van der Waals surface area contributed by atoms with Gasteiger partial charge in [0, 0.05) is 16.3 Å². The average Bonchev–Trinajstić information content (AvgIpc) is 2.35. The molecule has 0 saturated carbocycles. The summed E-state index contributed by atoms with van der Waals surface area (Å²) in [5.41, 5.74) is 1.14. The Hall–Kier alpha value is -1.44. The Bertz CT molecular complexity index is 480. The molecule has 1 aromatic rings. The van der Waals surface area contributed by atoms with Gasteiger partial charge in [0.15, 0.2) is 0 Å². The highest BCUT2D eigenvalue weighted by atomic mass is 35.5. The first-order valence-electron chi connectivity index (χ1n) is 4.73. The highest BCUT2D eigenvalue weighted by Gasteiger charge is 2.10. The van der Waals surface area contributed by atoms with Crippen molar-refractivity contribution >= 4 is 35.4 Å². The van der Waals surface area contributed by atoms with E-state index in [1.165, 1.54) is 7.11 Å². The van der Waals surface area contributed by atoms with Gasteiger partial charge < -0.3 is 4.74 Å². The molecule has 0 aliphatic heterocycles. The van der Waals surface area contributed by atoms with E-state index < -0.39 is 5.97 Å². The smallest absolute Gasteiger partial charge is 0.334 e. The summed E-state index contributed by atoms with van der Waals surface area (Å²) < 4.78 is 4.65. The molecule has 0 heterocycles. The fraction of sp³-hybridized carbons (Fsp3) is 0.167. The minimum absolute atomic E-state index is 0.272. The second kappa shape index (κ2) is 7.00. The lowest BCUT2D eigenvalue weighted by Gasteiger charge is -2.04. The van der Waals surface area contributed by atoms with Crippen LogP contribution < -0.4 is 0 Å². The number of methoxy groups -OCH3 is 1. The number of rotatable bonds is 4.